The normalized spacial score (nSPS) is 17.5. The minimum atomic E-state index is -0.0845. The highest BCUT2D eigenvalue weighted by molar-refractivity contribution is 6.39. The van der Waals surface area contributed by atoms with Crippen molar-refractivity contribution >= 4 is 41.5 Å². The number of piperidine rings is 1. The molecule has 0 bridgehead atoms. The van der Waals surface area contributed by atoms with Gasteiger partial charge >= 0.3 is 0 Å². The molecule has 1 amide bonds. The predicted molar refractivity (Wildman–Crippen MR) is 86.0 cm³/mol. The second-order valence-corrected chi connectivity index (χ2v) is 5.90. The number of likely N-dealkylation sites (tertiary alicyclic amines) is 1. The van der Waals surface area contributed by atoms with Crippen LogP contribution in [-0.2, 0) is 0 Å². The van der Waals surface area contributed by atoms with E-state index in [1.54, 1.807) is 18.2 Å². The Morgan fingerprint density at radius 1 is 1.30 bits per heavy atom. The number of carbonyl (C=O) groups is 1. The maximum absolute atomic E-state index is 12.4. The van der Waals surface area contributed by atoms with E-state index in [1.807, 2.05) is 11.8 Å². The van der Waals surface area contributed by atoms with Gasteiger partial charge in [-0.3, -0.25) is 4.79 Å². The molecular weight excluding hydrogens is 319 g/mol. The Bertz CT molecular complexity index is 451. The smallest absolute Gasteiger partial charge is 0.256 e. The minimum Gasteiger partial charge on any atom is -0.339 e. The van der Waals surface area contributed by atoms with Gasteiger partial charge in [0.15, 0.2) is 0 Å². The predicted octanol–water partition coefficient (Wildman–Crippen LogP) is 3.61. The van der Waals surface area contributed by atoms with Gasteiger partial charge in [-0.15, -0.1) is 12.4 Å². The first kappa shape index (κ1) is 17.6. The molecule has 1 aliphatic heterocycles. The fourth-order valence-corrected chi connectivity index (χ4v) is 3.05. The van der Waals surface area contributed by atoms with E-state index in [1.165, 1.54) is 0 Å². The molecule has 1 atom stereocenters. The standard InChI is InChI=1S/C14H18Cl2N2O.ClH/c1-9(17)10-5-7-18(8-6-10)14(19)13-11(15)3-2-4-12(13)16;/h2-4,9-10H,5-8,17H2,1H3;1H. The highest BCUT2D eigenvalue weighted by Crippen LogP contribution is 2.28. The Labute approximate surface area is 135 Å². The molecule has 0 saturated carbocycles. The molecule has 0 spiro atoms. The summed E-state index contributed by atoms with van der Waals surface area (Å²) in [6.07, 6.45) is 1.87. The minimum absolute atomic E-state index is 0. The van der Waals surface area contributed by atoms with Gasteiger partial charge in [0.05, 0.1) is 15.6 Å². The van der Waals surface area contributed by atoms with Gasteiger partial charge in [-0.2, -0.15) is 0 Å². The SMILES string of the molecule is CC(N)C1CCN(C(=O)c2c(Cl)cccc2Cl)CC1.Cl. The second-order valence-electron chi connectivity index (χ2n) is 5.09. The van der Waals surface area contributed by atoms with E-state index in [2.05, 4.69) is 0 Å². The molecule has 1 aromatic carbocycles. The van der Waals surface area contributed by atoms with Gasteiger partial charge in [0.1, 0.15) is 0 Å². The fourth-order valence-electron chi connectivity index (χ4n) is 2.49. The molecule has 2 rings (SSSR count). The largest absolute Gasteiger partial charge is 0.339 e. The first-order chi connectivity index (χ1) is 9.00. The molecule has 20 heavy (non-hydrogen) atoms. The van der Waals surface area contributed by atoms with E-state index in [-0.39, 0.29) is 24.4 Å². The number of amides is 1. The monoisotopic (exact) mass is 336 g/mol. The number of hydrogen-bond donors (Lipinski definition) is 1. The van der Waals surface area contributed by atoms with Crippen LogP contribution in [0.1, 0.15) is 30.1 Å². The van der Waals surface area contributed by atoms with Crippen LogP contribution in [0.3, 0.4) is 0 Å². The summed E-state index contributed by atoms with van der Waals surface area (Å²) in [5, 5.41) is 0.818. The van der Waals surface area contributed by atoms with Crippen LogP contribution in [0.5, 0.6) is 0 Å². The summed E-state index contributed by atoms with van der Waals surface area (Å²) in [5.41, 5.74) is 6.31. The molecule has 0 radical (unpaired) electrons. The molecule has 6 heteroatoms. The van der Waals surface area contributed by atoms with Crippen LogP contribution in [-0.4, -0.2) is 29.9 Å². The molecule has 3 nitrogen and oxygen atoms in total. The van der Waals surface area contributed by atoms with Crippen LogP contribution in [0.25, 0.3) is 0 Å². The van der Waals surface area contributed by atoms with E-state index in [9.17, 15) is 4.79 Å². The fraction of sp³-hybridized carbons (Fsp3) is 0.500. The number of hydrogen-bond acceptors (Lipinski definition) is 2. The molecule has 2 N–H and O–H groups in total. The van der Waals surface area contributed by atoms with E-state index >= 15 is 0 Å². The first-order valence-corrected chi connectivity index (χ1v) is 7.25. The number of carbonyl (C=O) groups excluding carboxylic acids is 1. The van der Waals surface area contributed by atoms with Crippen LogP contribution in [0.15, 0.2) is 18.2 Å². The Morgan fingerprint density at radius 2 is 1.80 bits per heavy atom. The lowest BCUT2D eigenvalue weighted by molar-refractivity contribution is 0.0681. The average molecular weight is 338 g/mol. The molecule has 0 aromatic heterocycles. The number of halogens is 3. The Balaban J connectivity index is 0.00000200. The van der Waals surface area contributed by atoms with E-state index < -0.39 is 0 Å². The lowest BCUT2D eigenvalue weighted by Crippen LogP contribution is -2.42. The van der Waals surface area contributed by atoms with Gasteiger partial charge in [-0.05, 0) is 37.8 Å². The summed E-state index contributed by atoms with van der Waals surface area (Å²) in [6, 6.07) is 5.30. The molecule has 1 unspecified atom stereocenters. The van der Waals surface area contributed by atoms with Crippen molar-refractivity contribution in [3.63, 3.8) is 0 Å². The summed E-state index contributed by atoms with van der Waals surface area (Å²) in [7, 11) is 0. The highest BCUT2D eigenvalue weighted by Gasteiger charge is 2.27. The van der Waals surface area contributed by atoms with Gasteiger partial charge in [0.25, 0.3) is 5.91 Å². The van der Waals surface area contributed by atoms with Crippen molar-refractivity contribution in [1.82, 2.24) is 4.90 Å². The molecule has 1 fully saturated rings. The summed E-state index contributed by atoms with van der Waals surface area (Å²) in [6.45, 7) is 3.45. The molecule has 1 saturated heterocycles. The first-order valence-electron chi connectivity index (χ1n) is 6.49. The van der Waals surface area contributed by atoms with Gasteiger partial charge < -0.3 is 10.6 Å². The van der Waals surface area contributed by atoms with Gasteiger partial charge in [0.2, 0.25) is 0 Å². The zero-order valence-corrected chi connectivity index (χ0v) is 13.6. The number of nitrogens with zero attached hydrogens (tertiary/aromatic N) is 1. The van der Waals surface area contributed by atoms with Crippen LogP contribution < -0.4 is 5.73 Å². The van der Waals surface area contributed by atoms with Crippen molar-refractivity contribution in [1.29, 1.82) is 0 Å². The van der Waals surface area contributed by atoms with E-state index in [0.717, 1.165) is 12.8 Å². The van der Waals surface area contributed by atoms with Gasteiger partial charge in [-0.25, -0.2) is 0 Å². The van der Waals surface area contributed by atoms with Gasteiger partial charge in [0, 0.05) is 19.1 Å². The number of benzene rings is 1. The third-order valence-corrected chi connectivity index (χ3v) is 4.38. The maximum Gasteiger partial charge on any atom is 0.256 e. The summed E-state index contributed by atoms with van der Waals surface area (Å²) in [4.78, 5) is 14.3. The molecule has 1 aliphatic rings. The van der Waals surface area contributed by atoms with Crippen molar-refractivity contribution in [3.05, 3.63) is 33.8 Å². The van der Waals surface area contributed by atoms with E-state index in [4.69, 9.17) is 28.9 Å². The summed E-state index contributed by atoms with van der Waals surface area (Å²) in [5.74, 6) is 0.407. The Kier molecular flexibility index (Phi) is 6.59. The number of nitrogens with two attached hydrogens (primary N) is 1. The van der Waals surface area contributed by atoms with Crippen molar-refractivity contribution < 1.29 is 4.79 Å². The van der Waals surface area contributed by atoms with Crippen LogP contribution in [0.4, 0.5) is 0 Å². The van der Waals surface area contributed by atoms with Gasteiger partial charge in [-0.1, -0.05) is 29.3 Å². The zero-order valence-electron chi connectivity index (χ0n) is 11.3. The highest BCUT2D eigenvalue weighted by atomic mass is 35.5. The summed E-state index contributed by atoms with van der Waals surface area (Å²) >= 11 is 12.1. The molecule has 1 aromatic rings. The number of rotatable bonds is 2. The molecule has 112 valence electrons. The molecule has 0 aliphatic carbocycles. The summed E-state index contributed by atoms with van der Waals surface area (Å²) < 4.78 is 0. The van der Waals surface area contributed by atoms with Crippen molar-refractivity contribution in [2.24, 2.45) is 11.7 Å². The lowest BCUT2D eigenvalue weighted by atomic mass is 9.90. The maximum atomic E-state index is 12.4. The zero-order chi connectivity index (χ0) is 14.0. The Hall–Kier alpha value is -0.480. The Morgan fingerprint density at radius 3 is 2.25 bits per heavy atom. The second kappa shape index (κ2) is 7.51. The van der Waals surface area contributed by atoms with Crippen molar-refractivity contribution in [2.45, 2.75) is 25.8 Å². The van der Waals surface area contributed by atoms with Crippen molar-refractivity contribution in [3.8, 4) is 0 Å². The molecule has 1 heterocycles. The van der Waals surface area contributed by atoms with Crippen LogP contribution in [0.2, 0.25) is 10.0 Å². The average Bonchev–Trinajstić information content (AvgIpc) is 2.38. The third kappa shape index (κ3) is 3.79. The van der Waals surface area contributed by atoms with E-state index in [0.29, 0.717) is 34.6 Å². The van der Waals surface area contributed by atoms with Crippen LogP contribution >= 0.6 is 35.6 Å². The van der Waals surface area contributed by atoms with Crippen molar-refractivity contribution in [2.75, 3.05) is 13.1 Å². The molecular formula is C14H19Cl3N2O. The van der Waals surface area contributed by atoms with Crippen LogP contribution in [0, 0.1) is 5.92 Å². The lowest BCUT2D eigenvalue weighted by Gasteiger charge is -2.34. The quantitative estimate of drug-likeness (QED) is 0.896. The topological polar surface area (TPSA) is 46.3 Å². The third-order valence-electron chi connectivity index (χ3n) is 3.75.